The number of rotatable bonds is 6. The molecule has 0 bridgehead atoms. The van der Waals surface area contributed by atoms with Crippen LogP contribution in [0.15, 0.2) is 17.6 Å². The minimum atomic E-state index is 0.236. The van der Waals surface area contributed by atoms with Crippen molar-refractivity contribution in [3.05, 3.63) is 12.4 Å². The fourth-order valence-electron chi connectivity index (χ4n) is 3.32. The summed E-state index contributed by atoms with van der Waals surface area (Å²) in [6, 6.07) is 0.275. The van der Waals surface area contributed by atoms with Crippen LogP contribution in [-0.2, 0) is 4.74 Å². The maximum atomic E-state index is 5.69. The molecule has 0 saturated carbocycles. The normalized spacial score (nSPS) is 15.8. The number of imidazole rings is 1. The Morgan fingerprint density at radius 2 is 1.86 bits per heavy atom. The van der Waals surface area contributed by atoms with Crippen LogP contribution in [0.1, 0.15) is 33.2 Å². The maximum absolute atomic E-state index is 5.69. The molecule has 0 aliphatic carbocycles. The van der Waals surface area contributed by atoms with Crippen LogP contribution in [0.3, 0.4) is 0 Å². The van der Waals surface area contributed by atoms with Gasteiger partial charge in [0.2, 0.25) is 11.9 Å². The Bertz CT molecular complexity index is 984. The number of anilines is 2. The van der Waals surface area contributed by atoms with Crippen molar-refractivity contribution in [3.8, 4) is 11.3 Å². The number of ether oxygens (including phenoxy) is 1. The minimum Gasteiger partial charge on any atom is -0.378 e. The van der Waals surface area contributed by atoms with Gasteiger partial charge in [-0.3, -0.25) is 0 Å². The van der Waals surface area contributed by atoms with Crippen LogP contribution >= 0.6 is 11.8 Å². The smallest absolute Gasteiger partial charge is 0.228 e. The van der Waals surface area contributed by atoms with Crippen LogP contribution in [0.4, 0.5) is 11.9 Å². The first-order valence-electron chi connectivity index (χ1n) is 9.95. The number of thioether (sulfide) groups is 1. The standard InChI is InChI=1S/C19H26N8OS/c1-4-12(3)27-16-15(24-19(27)29-5-2)14(13-10-21-17(20)22-11-13)23-18(25-16)26-6-8-28-9-7-26/h10-12H,4-9H2,1-3H3,(H2,20,21,22). The van der Waals surface area contributed by atoms with Crippen LogP contribution in [0.2, 0.25) is 0 Å². The van der Waals surface area contributed by atoms with Gasteiger partial charge >= 0.3 is 0 Å². The fourth-order valence-corrected chi connectivity index (χ4v) is 4.14. The second-order valence-electron chi connectivity index (χ2n) is 6.93. The third kappa shape index (κ3) is 3.86. The molecule has 1 atom stereocenters. The van der Waals surface area contributed by atoms with E-state index in [4.69, 9.17) is 25.4 Å². The van der Waals surface area contributed by atoms with Crippen LogP contribution in [0.5, 0.6) is 0 Å². The summed E-state index contributed by atoms with van der Waals surface area (Å²) in [5.74, 6) is 1.86. The number of hydrogen-bond donors (Lipinski definition) is 1. The lowest BCUT2D eigenvalue weighted by Crippen LogP contribution is -2.37. The Morgan fingerprint density at radius 3 is 2.52 bits per heavy atom. The Kier molecular flexibility index (Phi) is 5.81. The van der Waals surface area contributed by atoms with Gasteiger partial charge in [0, 0.05) is 37.1 Å². The number of morpholine rings is 1. The molecule has 4 heterocycles. The summed E-state index contributed by atoms with van der Waals surface area (Å²) < 4.78 is 7.73. The van der Waals surface area contributed by atoms with Gasteiger partial charge in [0.05, 0.1) is 13.2 Å². The molecule has 0 aromatic carbocycles. The van der Waals surface area contributed by atoms with E-state index in [1.807, 2.05) is 0 Å². The van der Waals surface area contributed by atoms with E-state index in [1.165, 1.54) is 0 Å². The van der Waals surface area contributed by atoms with Gasteiger partial charge in [-0.1, -0.05) is 25.6 Å². The van der Waals surface area contributed by atoms with Crippen molar-refractivity contribution >= 4 is 34.8 Å². The molecule has 4 rings (SSSR count). The van der Waals surface area contributed by atoms with Crippen LogP contribution < -0.4 is 10.6 Å². The summed E-state index contributed by atoms with van der Waals surface area (Å²) in [6.45, 7) is 9.37. The predicted molar refractivity (Wildman–Crippen MR) is 115 cm³/mol. The molecule has 1 aliphatic heterocycles. The summed E-state index contributed by atoms with van der Waals surface area (Å²) in [6.07, 6.45) is 4.38. The molecule has 29 heavy (non-hydrogen) atoms. The van der Waals surface area contributed by atoms with Gasteiger partial charge < -0.3 is 19.9 Å². The van der Waals surface area contributed by atoms with E-state index in [9.17, 15) is 0 Å². The summed E-state index contributed by atoms with van der Waals surface area (Å²) in [5.41, 5.74) is 8.82. The van der Waals surface area contributed by atoms with E-state index in [1.54, 1.807) is 24.2 Å². The third-order valence-corrected chi connectivity index (χ3v) is 5.87. The molecule has 0 radical (unpaired) electrons. The molecule has 10 heteroatoms. The van der Waals surface area contributed by atoms with Gasteiger partial charge in [-0.2, -0.15) is 4.98 Å². The largest absolute Gasteiger partial charge is 0.378 e. The zero-order valence-corrected chi connectivity index (χ0v) is 17.8. The number of nitrogen functional groups attached to an aromatic ring is 1. The topological polar surface area (TPSA) is 108 Å². The second kappa shape index (κ2) is 8.50. The van der Waals surface area contributed by atoms with Crippen molar-refractivity contribution in [3.63, 3.8) is 0 Å². The molecule has 0 amide bonds. The number of hydrogen-bond acceptors (Lipinski definition) is 9. The Hall–Kier alpha value is -2.46. The van der Waals surface area contributed by atoms with Crippen LogP contribution in [-0.4, -0.2) is 61.5 Å². The van der Waals surface area contributed by atoms with E-state index >= 15 is 0 Å². The van der Waals surface area contributed by atoms with Gasteiger partial charge in [-0.25, -0.2) is 19.9 Å². The average Bonchev–Trinajstić information content (AvgIpc) is 3.12. The lowest BCUT2D eigenvalue weighted by atomic mass is 10.2. The lowest BCUT2D eigenvalue weighted by molar-refractivity contribution is 0.122. The fraction of sp³-hybridized carbons (Fsp3) is 0.526. The van der Waals surface area contributed by atoms with Crippen molar-refractivity contribution in [1.29, 1.82) is 0 Å². The number of fused-ring (bicyclic) bond motifs is 1. The van der Waals surface area contributed by atoms with Gasteiger partial charge in [-0.15, -0.1) is 0 Å². The first kappa shape index (κ1) is 19.8. The molecule has 1 saturated heterocycles. The molecular formula is C19H26N8OS. The molecule has 154 valence electrons. The third-order valence-electron chi connectivity index (χ3n) is 5.04. The van der Waals surface area contributed by atoms with E-state index in [0.29, 0.717) is 19.2 Å². The van der Waals surface area contributed by atoms with Crippen molar-refractivity contribution < 1.29 is 4.74 Å². The molecule has 2 N–H and O–H groups in total. The summed E-state index contributed by atoms with van der Waals surface area (Å²) in [7, 11) is 0. The Morgan fingerprint density at radius 1 is 1.14 bits per heavy atom. The lowest BCUT2D eigenvalue weighted by Gasteiger charge is -2.27. The second-order valence-corrected chi connectivity index (χ2v) is 8.16. The van der Waals surface area contributed by atoms with Gasteiger partial charge in [0.25, 0.3) is 0 Å². The molecule has 9 nitrogen and oxygen atoms in total. The minimum absolute atomic E-state index is 0.236. The highest BCUT2D eigenvalue weighted by Gasteiger charge is 2.24. The molecule has 1 unspecified atom stereocenters. The van der Waals surface area contributed by atoms with Crippen molar-refractivity contribution in [2.45, 2.75) is 38.4 Å². The molecule has 3 aromatic rings. The Labute approximate surface area is 174 Å². The molecule has 3 aromatic heterocycles. The first-order valence-corrected chi connectivity index (χ1v) is 10.9. The zero-order chi connectivity index (χ0) is 20.4. The number of aromatic nitrogens is 6. The van der Waals surface area contributed by atoms with Crippen LogP contribution in [0, 0.1) is 0 Å². The zero-order valence-electron chi connectivity index (χ0n) is 17.0. The first-order chi connectivity index (χ1) is 14.1. The van der Waals surface area contributed by atoms with Gasteiger partial charge in [-0.05, 0) is 19.1 Å². The average molecular weight is 415 g/mol. The summed E-state index contributed by atoms with van der Waals surface area (Å²) in [5, 5.41) is 0.961. The van der Waals surface area contributed by atoms with E-state index in [2.05, 4.69) is 40.2 Å². The SMILES string of the molecule is CCSc1nc2c(-c3cnc(N)nc3)nc(N3CCOCC3)nc2n1C(C)CC. The molecule has 0 spiro atoms. The van der Waals surface area contributed by atoms with Crippen molar-refractivity contribution in [2.24, 2.45) is 0 Å². The summed E-state index contributed by atoms with van der Waals surface area (Å²) >= 11 is 1.72. The van der Waals surface area contributed by atoms with Crippen molar-refractivity contribution in [1.82, 2.24) is 29.5 Å². The van der Waals surface area contributed by atoms with E-state index in [-0.39, 0.29) is 12.0 Å². The maximum Gasteiger partial charge on any atom is 0.228 e. The molecule has 1 aliphatic rings. The Balaban J connectivity index is 1.96. The molecule has 1 fully saturated rings. The number of nitrogens with zero attached hydrogens (tertiary/aromatic N) is 7. The molecular weight excluding hydrogens is 388 g/mol. The highest BCUT2D eigenvalue weighted by Crippen LogP contribution is 2.34. The van der Waals surface area contributed by atoms with Gasteiger partial charge in [0.1, 0.15) is 11.2 Å². The van der Waals surface area contributed by atoms with E-state index < -0.39 is 0 Å². The monoisotopic (exact) mass is 414 g/mol. The highest BCUT2D eigenvalue weighted by molar-refractivity contribution is 7.99. The number of nitrogens with two attached hydrogens (primary N) is 1. The predicted octanol–water partition coefficient (Wildman–Crippen LogP) is 2.79. The van der Waals surface area contributed by atoms with Gasteiger partial charge in [0.15, 0.2) is 10.8 Å². The van der Waals surface area contributed by atoms with Crippen molar-refractivity contribution in [2.75, 3.05) is 42.7 Å². The quantitative estimate of drug-likeness (QED) is 0.609. The van der Waals surface area contributed by atoms with Crippen LogP contribution in [0.25, 0.3) is 22.4 Å². The van der Waals surface area contributed by atoms with E-state index in [0.717, 1.165) is 52.8 Å². The highest BCUT2D eigenvalue weighted by atomic mass is 32.2. The summed E-state index contributed by atoms with van der Waals surface area (Å²) in [4.78, 5) is 25.2.